The molecule has 9 heteroatoms. The minimum absolute atomic E-state index is 0.0438. The minimum Gasteiger partial charge on any atom is -0.494 e. The van der Waals surface area contributed by atoms with Gasteiger partial charge in [0.15, 0.2) is 0 Å². The van der Waals surface area contributed by atoms with Crippen LogP contribution in [-0.4, -0.2) is 50.0 Å². The van der Waals surface area contributed by atoms with Crippen LogP contribution in [0.2, 0.25) is 15.1 Å². The summed E-state index contributed by atoms with van der Waals surface area (Å²) in [6, 6.07) is 8.31. The number of amides is 2. The second kappa shape index (κ2) is 9.11. The van der Waals surface area contributed by atoms with E-state index < -0.39 is 5.91 Å². The molecule has 0 saturated carbocycles. The maximum absolute atomic E-state index is 13.0. The number of piperazine rings is 1. The number of nitrogens with one attached hydrogen (secondary N) is 1. The molecule has 2 aromatic rings. The normalized spacial score (nSPS) is 14.0. The van der Waals surface area contributed by atoms with Gasteiger partial charge < -0.3 is 19.9 Å². The summed E-state index contributed by atoms with van der Waals surface area (Å²) in [6.07, 6.45) is 0. The maximum Gasteiger partial charge on any atom is 0.259 e. The summed E-state index contributed by atoms with van der Waals surface area (Å²) in [5, 5.41) is 3.97. The lowest BCUT2D eigenvalue weighted by Crippen LogP contribution is -2.48. The van der Waals surface area contributed by atoms with Gasteiger partial charge in [0.05, 0.1) is 34.1 Å². The van der Waals surface area contributed by atoms with Gasteiger partial charge in [0.25, 0.3) is 5.91 Å². The van der Waals surface area contributed by atoms with Crippen LogP contribution >= 0.6 is 34.8 Å². The van der Waals surface area contributed by atoms with Crippen LogP contribution in [0.1, 0.15) is 17.3 Å². The van der Waals surface area contributed by atoms with Crippen LogP contribution < -0.4 is 15.0 Å². The molecule has 0 aromatic heterocycles. The van der Waals surface area contributed by atoms with Crippen LogP contribution in [0.25, 0.3) is 0 Å². The van der Waals surface area contributed by atoms with Gasteiger partial charge >= 0.3 is 0 Å². The zero-order valence-corrected chi connectivity index (χ0v) is 18.2. The monoisotopic (exact) mass is 455 g/mol. The van der Waals surface area contributed by atoms with E-state index in [4.69, 9.17) is 39.5 Å². The van der Waals surface area contributed by atoms with Crippen LogP contribution in [-0.2, 0) is 4.79 Å². The van der Waals surface area contributed by atoms with Gasteiger partial charge in [0.2, 0.25) is 5.91 Å². The number of anilines is 2. The number of benzene rings is 2. The molecular weight excluding hydrogens is 437 g/mol. The molecule has 1 N–H and O–H groups in total. The van der Waals surface area contributed by atoms with Crippen molar-refractivity contribution >= 4 is 58.0 Å². The fraction of sp³-hybridized carbons (Fsp3) is 0.300. The summed E-state index contributed by atoms with van der Waals surface area (Å²) in [5.74, 6) is -0.133. The Morgan fingerprint density at radius 3 is 2.34 bits per heavy atom. The molecule has 1 aliphatic rings. The fourth-order valence-electron chi connectivity index (χ4n) is 3.31. The predicted molar refractivity (Wildman–Crippen MR) is 117 cm³/mol. The topological polar surface area (TPSA) is 61.9 Å². The van der Waals surface area contributed by atoms with E-state index >= 15 is 0 Å². The first kappa shape index (κ1) is 21.6. The lowest BCUT2D eigenvalue weighted by atomic mass is 10.1. The highest BCUT2D eigenvalue weighted by Gasteiger charge is 2.24. The summed E-state index contributed by atoms with van der Waals surface area (Å²) in [4.78, 5) is 28.4. The zero-order chi connectivity index (χ0) is 21.1. The quantitative estimate of drug-likeness (QED) is 0.732. The number of para-hydroxylation sites is 1. The van der Waals surface area contributed by atoms with E-state index in [-0.39, 0.29) is 22.2 Å². The number of methoxy groups -OCH3 is 1. The molecule has 3 rings (SSSR count). The van der Waals surface area contributed by atoms with Crippen molar-refractivity contribution in [3.05, 3.63) is 51.0 Å². The molecular formula is C20H20Cl3N3O3. The molecule has 0 radical (unpaired) electrons. The lowest BCUT2D eigenvalue weighted by Gasteiger charge is -2.37. The first-order valence-corrected chi connectivity index (χ1v) is 10.1. The fourth-order valence-corrected chi connectivity index (χ4v) is 4.17. The van der Waals surface area contributed by atoms with Crippen LogP contribution in [0.5, 0.6) is 5.75 Å². The van der Waals surface area contributed by atoms with Gasteiger partial charge in [-0.3, -0.25) is 9.59 Å². The summed E-state index contributed by atoms with van der Waals surface area (Å²) >= 11 is 18.7. The Hall–Kier alpha value is -2.15. The van der Waals surface area contributed by atoms with Gasteiger partial charge in [-0.25, -0.2) is 0 Å². The molecule has 0 aliphatic carbocycles. The van der Waals surface area contributed by atoms with E-state index in [1.807, 2.05) is 0 Å². The Balaban J connectivity index is 1.89. The highest BCUT2D eigenvalue weighted by atomic mass is 35.5. The van der Waals surface area contributed by atoms with E-state index in [0.29, 0.717) is 47.6 Å². The van der Waals surface area contributed by atoms with Crippen molar-refractivity contribution in [2.75, 3.05) is 43.5 Å². The smallest absolute Gasteiger partial charge is 0.259 e. The van der Waals surface area contributed by atoms with Crippen molar-refractivity contribution in [2.45, 2.75) is 6.92 Å². The predicted octanol–water partition coefficient (Wildman–Crippen LogP) is 4.58. The number of ether oxygens (including phenoxy) is 1. The van der Waals surface area contributed by atoms with Crippen LogP contribution in [0.3, 0.4) is 0 Å². The first-order valence-electron chi connectivity index (χ1n) is 8.95. The molecule has 6 nitrogen and oxygen atoms in total. The third kappa shape index (κ3) is 4.71. The number of halogens is 3. The second-order valence-electron chi connectivity index (χ2n) is 6.55. The standard InChI is InChI=1S/C20H20Cl3N3O3/c1-12(27)25-6-8-26(9-7-25)18-15(22)4-3-5-17(18)24-20(28)14-10-13(21)11-16(23)19(14)29-2/h3-5,10-11H,6-9H2,1-2H3,(H,24,28). The van der Waals surface area contributed by atoms with Gasteiger partial charge in [-0.1, -0.05) is 40.9 Å². The Kier molecular flexibility index (Phi) is 6.77. The molecule has 29 heavy (non-hydrogen) atoms. The number of rotatable bonds is 4. The summed E-state index contributed by atoms with van der Waals surface area (Å²) < 4.78 is 5.27. The maximum atomic E-state index is 13.0. The molecule has 1 fully saturated rings. The Labute approximate surface area is 184 Å². The summed E-state index contributed by atoms with van der Waals surface area (Å²) in [5.41, 5.74) is 1.48. The molecule has 0 unspecified atom stereocenters. The van der Waals surface area contributed by atoms with E-state index in [0.717, 1.165) is 0 Å². The van der Waals surface area contributed by atoms with Crippen molar-refractivity contribution in [1.29, 1.82) is 0 Å². The molecule has 1 saturated heterocycles. The molecule has 154 valence electrons. The van der Waals surface area contributed by atoms with Gasteiger partial charge in [-0.15, -0.1) is 0 Å². The Bertz CT molecular complexity index is 944. The number of carbonyl (C=O) groups is 2. The lowest BCUT2D eigenvalue weighted by molar-refractivity contribution is -0.129. The highest BCUT2D eigenvalue weighted by Crippen LogP contribution is 2.37. The van der Waals surface area contributed by atoms with E-state index in [1.54, 1.807) is 30.0 Å². The average molecular weight is 457 g/mol. The molecule has 0 bridgehead atoms. The van der Waals surface area contributed by atoms with E-state index in [9.17, 15) is 9.59 Å². The van der Waals surface area contributed by atoms with E-state index in [2.05, 4.69) is 10.2 Å². The minimum atomic E-state index is -0.419. The van der Waals surface area contributed by atoms with Crippen LogP contribution in [0, 0.1) is 0 Å². The largest absolute Gasteiger partial charge is 0.494 e. The Morgan fingerprint density at radius 1 is 1.03 bits per heavy atom. The number of hydrogen-bond acceptors (Lipinski definition) is 4. The van der Waals surface area contributed by atoms with Crippen molar-refractivity contribution in [2.24, 2.45) is 0 Å². The van der Waals surface area contributed by atoms with Gasteiger partial charge in [0, 0.05) is 38.1 Å². The molecule has 1 aliphatic heterocycles. The van der Waals surface area contributed by atoms with E-state index in [1.165, 1.54) is 19.2 Å². The van der Waals surface area contributed by atoms with Crippen LogP contribution in [0.15, 0.2) is 30.3 Å². The average Bonchev–Trinajstić information content (AvgIpc) is 2.67. The Morgan fingerprint density at radius 2 is 1.72 bits per heavy atom. The number of hydrogen-bond donors (Lipinski definition) is 1. The zero-order valence-electron chi connectivity index (χ0n) is 16.0. The third-order valence-corrected chi connectivity index (χ3v) is 5.54. The van der Waals surface area contributed by atoms with Crippen molar-refractivity contribution in [1.82, 2.24) is 4.90 Å². The summed E-state index contributed by atoms with van der Waals surface area (Å²) in [6.45, 7) is 3.95. The second-order valence-corrected chi connectivity index (χ2v) is 7.80. The molecule has 2 amide bonds. The van der Waals surface area contributed by atoms with Crippen molar-refractivity contribution in [3.8, 4) is 5.75 Å². The molecule has 2 aromatic carbocycles. The first-order chi connectivity index (χ1) is 13.8. The third-order valence-electron chi connectivity index (χ3n) is 4.73. The SMILES string of the molecule is COc1c(Cl)cc(Cl)cc1C(=O)Nc1cccc(Cl)c1N1CCN(C(C)=O)CC1. The van der Waals surface area contributed by atoms with Crippen LogP contribution in [0.4, 0.5) is 11.4 Å². The molecule has 1 heterocycles. The number of carbonyl (C=O) groups excluding carboxylic acids is 2. The van der Waals surface area contributed by atoms with Gasteiger partial charge in [0.1, 0.15) is 5.75 Å². The van der Waals surface area contributed by atoms with Gasteiger partial charge in [-0.05, 0) is 24.3 Å². The highest BCUT2D eigenvalue weighted by molar-refractivity contribution is 6.37. The molecule has 0 atom stereocenters. The van der Waals surface area contributed by atoms with Gasteiger partial charge in [-0.2, -0.15) is 0 Å². The van der Waals surface area contributed by atoms with Crippen molar-refractivity contribution in [3.63, 3.8) is 0 Å². The summed E-state index contributed by atoms with van der Waals surface area (Å²) in [7, 11) is 1.44. The van der Waals surface area contributed by atoms with Crippen molar-refractivity contribution < 1.29 is 14.3 Å². The molecule has 0 spiro atoms. The number of nitrogens with zero attached hydrogens (tertiary/aromatic N) is 2.